The van der Waals surface area contributed by atoms with Gasteiger partial charge in [0.1, 0.15) is 17.3 Å². The van der Waals surface area contributed by atoms with Crippen LogP contribution in [0.4, 0.5) is 23.2 Å². The summed E-state index contributed by atoms with van der Waals surface area (Å²) in [7, 11) is 0. The molecule has 1 fully saturated rings. The van der Waals surface area contributed by atoms with Gasteiger partial charge >= 0.3 is 6.18 Å². The third-order valence-electron chi connectivity index (χ3n) is 6.75. The molecular formula is C29H27F4N5O2. The van der Waals surface area contributed by atoms with Crippen LogP contribution in [0.2, 0.25) is 0 Å². The highest BCUT2D eigenvalue weighted by Crippen LogP contribution is 2.34. The fourth-order valence-corrected chi connectivity index (χ4v) is 4.44. The van der Waals surface area contributed by atoms with E-state index in [2.05, 4.69) is 15.7 Å². The number of nitrogens with zero attached hydrogens (tertiary/aromatic N) is 2. The van der Waals surface area contributed by atoms with Crippen LogP contribution in [0.5, 0.6) is 5.75 Å². The number of amides is 1. The van der Waals surface area contributed by atoms with E-state index in [1.54, 1.807) is 36.4 Å². The summed E-state index contributed by atoms with van der Waals surface area (Å²) in [6.45, 7) is 0.813. The molecule has 0 bridgehead atoms. The van der Waals surface area contributed by atoms with Gasteiger partial charge in [0.15, 0.2) is 5.69 Å². The van der Waals surface area contributed by atoms with Crippen LogP contribution >= 0.6 is 0 Å². The minimum atomic E-state index is -4.81. The molecule has 0 radical (unpaired) electrons. The number of hydrogen-bond donors (Lipinski definition) is 4. The Morgan fingerprint density at radius 3 is 2.55 bits per heavy atom. The molecular weight excluding hydrogens is 526 g/mol. The van der Waals surface area contributed by atoms with Crippen molar-refractivity contribution in [3.8, 4) is 11.4 Å². The van der Waals surface area contributed by atoms with E-state index in [4.69, 9.17) is 5.73 Å². The van der Waals surface area contributed by atoms with Crippen molar-refractivity contribution in [1.29, 1.82) is 0 Å². The van der Waals surface area contributed by atoms with Crippen LogP contribution < -0.4 is 16.4 Å². The van der Waals surface area contributed by atoms with Gasteiger partial charge in [-0.3, -0.25) is 4.79 Å². The van der Waals surface area contributed by atoms with Gasteiger partial charge in [-0.25, -0.2) is 9.07 Å². The SMILES string of the molecule is NCc1cccc(-n2nc(C(F)(F)F)cc2C(=O)Nc2cc(C(NCC3CC3)c3ccccc3O)ccc2F)c1. The van der Waals surface area contributed by atoms with Crippen molar-refractivity contribution < 1.29 is 27.5 Å². The van der Waals surface area contributed by atoms with Gasteiger partial charge in [0, 0.05) is 18.2 Å². The molecule has 1 aromatic heterocycles. The van der Waals surface area contributed by atoms with Crippen LogP contribution in [0.3, 0.4) is 0 Å². The van der Waals surface area contributed by atoms with Gasteiger partial charge in [-0.15, -0.1) is 0 Å². The number of benzene rings is 3. The van der Waals surface area contributed by atoms with E-state index in [1.165, 1.54) is 30.3 Å². The predicted octanol–water partition coefficient (Wildman–Crippen LogP) is 5.54. The van der Waals surface area contributed by atoms with E-state index in [-0.39, 0.29) is 23.7 Å². The summed E-state index contributed by atoms with van der Waals surface area (Å²) in [5.74, 6) is -1.20. The molecule has 3 aromatic carbocycles. The summed E-state index contributed by atoms with van der Waals surface area (Å²) in [6, 6.07) is 17.3. The second-order valence-corrected chi connectivity index (χ2v) is 9.74. The molecule has 40 heavy (non-hydrogen) atoms. The van der Waals surface area contributed by atoms with Crippen LogP contribution in [-0.2, 0) is 12.7 Å². The molecule has 4 aromatic rings. The molecule has 5 rings (SSSR count). The van der Waals surface area contributed by atoms with Crippen molar-refractivity contribution >= 4 is 11.6 Å². The maximum atomic E-state index is 14.9. The van der Waals surface area contributed by atoms with Crippen molar-refractivity contribution in [2.24, 2.45) is 11.7 Å². The minimum Gasteiger partial charge on any atom is -0.508 e. The van der Waals surface area contributed by atoms with Crippen LogP contribution in [0.15, 0.2) is 72.8 Å². The number of rotatable bonds is 9. The smallest absolute Gasteiger partial charge is 0.435 e. The molecule has 1 unspecified atom stereocenters. The number of alkyl halides is 3. The first-order valence-corrected chi connectivity index (χ1v) is 12.7. The standard InChI is InChI=1S/C29H27F4N5O2/c30-22-11-10-19(27(35-16-17-8-9-17)21-6-1-2-7-25(21)39)13-23(22)36-28(40)24-14-26(29(31,32)33)37-38(24)20-5-3-4-18(12-20)15-34/h1-7,10-14,17,27,35,39H,8-9,15-16,34H2,(H,36,40). The summed E-state index contributed by atoms with van der Waals surface area (Å²) < 4.78 is 56.4. The number of aromatic hydroxyl groups is 1. The molecule has 1 atom stereocenters. The van der Waals surface area contributed by atoms with Gasteiger partial charge in [-0.05, 0) is 66.8 Å². The normalized spacial score (nSPS) is 14.2. The maximum absolute atomic E-state index is 14.9. The van der Waals surface area contributed by atoms with Gasteiger partial charge in [0.05, 0.1) is 17.4 Å². The maximum Gasteiger partial charge on any atom is 0.435 e. The van der Waals surface area contributed by atoms with E-state index in [0.717, 1.165) is 17.5 Å². The number of anilines is 1. The molecule has 1 heterocycles. The number of carbonyl (C=O) groups excluding carboxylic acids is 1. The second-order valence-electron chi connectivity index (χ2n) is 9.74. The number of nitrogens with two attached hydrogens (primary N) is 1. The number of nitrogens with one attached hydrogen (secondary N) is 2. The zero-order chi connectivity index (χ0) is 28.4. The molecule has 0 saturated heterocycles. The van der Waals surface area contributed by atoms with E-state index in [1.807, 2.05) is 0 Å². The molecule has 1 aliphatic carbocycles. The van der Waals surface area contributed by atoms with Crippen molar-refractivity contribution in [3.05, 3.63) is 107 Å². The summed E-state index contributed by atoms with van der Waals surface area (Å²) >= 11 is 0. The zero-order valence-electron chi connectivity index (χ0n) is 21.3. The van der Waals surface area contributed by atoms with Gasteiger partial charge in [-0.2, -0.15) is 18.3 Å². The third-order valence-corrected chi connectivity index (χ3v) is 6.75. The number of phenols is 1. The lowest BCUT2D eigenvalue weighted by Gasteiger charge is -2.22. The molecule has 1 saturated carbocycles. The number of phenolic OH excluding ortho intramolecular Hbond substituents is 1. The Labute approximate surface area is 227 Å². The Hall–Kier alpha value is -4.22. The first-order chi connectivity index (χ1) is 19.1. The summed E-state index contributed by atoms with van der Waals surface area (Å²) in [5, 5.41) is 19.9. The van der Waals surface area contributed by atoms with Crippen molar-refractivity contribution in [2.75, 3.05) is 11.9 Å². The number of aromatic nitrogens is 2. The number of carbonyl (C=O) groups is 1. The number of para-hydroxylation sites is 1. The molecule has 11 heteroatoms. The Balaban J connectivity index is 1.49. The first-order valence-electron chi connectivity index (χ1n) is 12.7. The first kappa shape index (κ1) is 27.4. The Morgan fingerprint density at radius 1 is 1.07 bits per heavy atom. The lowest BCUT2D eigenvalue weighted by atomic mass is 9.97. The summed E-state index contributed by atoms with van der Waals surface area (Å²) in [5.41, 5.74) is 5.68. The van der Waals surface area contributed by atoms with E-state index in [0.29, 0.717) is 35.2 Å². The Kier molecular flexibility index (Phi) is 7.59. The quantitative estimate of drug-likeness (QED) is 0.204. The van der Waals surface area contributed by atoms with Crippen molar-refractivity contribution in [2.45, 2.75) is 31.6 Å². The monoisotopic (exact) mass is 553 g/mol. The highest BCUT2D eigenvalue weighted by molar-refractivity contribution is 6.03. The van der Waals surface area contributed by atoms with Crippen LogP contribution in [0.25, 0.3) is 5.69 Å². The Morgan fingerprint density at radius 2 is 1.85 bits per heavy atom. The average Bonchev–Trinajstić information content (AvgIpc) is 3.64. The van der Waals surface area contributed by atoms with Crippen LogP contribution in [-0.4, -0.2) is 27.3 Å². The lowest BCUT2D eigenvalue weighted by molar-refractivity contribution is -0.141. The minimum absolute atomic E-state index is 0.0500. The summed E-state index contributed by atoms with van der Waals surface area (Å²) in [4.78, 5) is 13.3. The van der Waals surface area contributed by atoms with Gasteiger partial charge in [-0.1, -0.05) is 36.4 Å². The summed E-state index contributed by atoms with van der Waals surface area (Å²) in [6.07, 6.45) is -2.63. The zero-order valence-corrected chi connectivity index (χ0v) is 21.3. The largest absolute Gasteiger partial charge is 0.508 e. The van der Waals surface area contributed by atoms with Gasteiger partial charge in [0.25, 0.3) is 5.91 Å². The molecule has 1 amide bonds. The topological polar surface area (TPSA) is 105 Å². The highest BCUT2D eigenvalue weighted by Gasteiger charge is 2.36. The van der Waals surface area contributed by atoms with Gasteiger partial charge < -0.3 is 21.5 Å². The van der Waals surface area contributed by atoms with Gasteiger partial charge in [0.2, 0.25) is 0 Å². The fraction of sp³-hybridized carbons (Fsp3) is 0.241. The third kappa shape index (κ3) is 6.00. The molecule has 0 aliphatic heterocycles. The van der Waals surface area contributed by atoms with E-state index >= 15 is 0 Å². The molecule has 7 nitrogen and oxygen atoms in total. The predicted molar refractivity (Wildman–Crippen MR) is 141 cm³/mol. The lowest BCUT2D eigenvalue weighted by Crippen LogP contribution is -2.25. The molecule has 0 spiro atoms. The second kappa shape index (κ2) is 11.1. The van der Waals surface area contributed by atoms with Crippen molar-refractivity contribution in [1.82, 2.24) is 15.1 Å². The molecule has 5 N–H and O–H groups in total. The van der Waals surface area contributed by atoms with Crippen LogP contribution in [0, 0.1) is 11.7 Å². The fourth-order valence-electron chi connectivity index (χ4n) is 4.44. The number of hydrogen-bond acceptors (Lipinski definition) is 5. The highest BCUT2D eigenvalue weighted by atomic mass is 19.4. The van der Waals surface area contributed by atoms with E-state index in [9.17, 15) is 27.5 Å². The molecule has 208 valence electrons. The van der Waals surface area contributed by atoms with Crippen LogP contribution in [0.1, 0.15) is 51.8 Å². The van der Waals surface area contributed by atoms with Crippen molar-refractivity contribution in [3.63, 3.8) is 0 Å². The Bertz CT molecular complexity index is 1530. The molecule has 1 aliphatic rings. The average molecular weight is 554 g/mol. The van der Waals surface area contributed by atoms with E-state index < -0.39 is 35.3 Å². The number of halogens is 4.